The number of furan rings is 1. The van der Waals surface area contributed by atoms with Gasteiger partial charge in [0.15, 0.2) is 12.5 Å². The monoisotopic (exact) mass is 535 g/mol. The number of carbonyl (C=O) groups excluding carboxylic acids is 1. The molecule has 0 saturated carbocycles. The number of aromatic nitrogens is 2. The maximum Gasteiger partial charge on any atom is 0.291 e. The van der Waals surface area contributed by atoms with Gasteiger partial charge in [0, 0.05) is 5.41 Å². The normalized spacial score (nSPS) is 11.3. The number of carbonyl (C=O) groups is 1. The largest absolute Gasteiger partial charge is 0.486 e. The molecular formula is C33H33N3O4. The Kier molecular flexibility index (Phi) is 8.01. The van der Waals surface area contributed by atoms with Gasteiger partial charge in [-0.1, -0.05) is 75.4 Å². The Labute approximate surface area is 234 Å². The van der Waals surface area contributed by atoms with Gasteiger partial charge in [-0.25, -0.2) is 4.68 Å². The number of benzene rings is 3. The number of ether oxygens (including phenoxy) is 2. The Morgan fingerprint density at radius 1 is 0.875 bits per heavy atom. The van der Waals surface area contributed by atoms with Crippen LogP contribution in [0.2, 0.25) is 0 Å². The number of rotatable bonds is 11. The van der Waals surface area contributed by atoms with E-state index < -0.39 is 0 Å². The number of amides is 1. The summed E-state index contributed by atoms with van der Waals surface area (Å²) < 4.78 is 19.0. The SMILES string of the molecule is CCc1ccc(OCn2cc(NC(=O)c3ccc(COc4ccc(C(C)(C)c5ccccc5)cc4)o3)cn2)cc1. The van der Waals surface area contributed by atoms with Gasteiger partial charge in [0.05, 0.1) is 18.1 Å². The summed E-state index contributed by atoms with van der Waals surface area (Å²) in [5.41, 5.74) is 4.13. The third kappa shape index (κ3) is 6.43. The summed E-state index contributed by atoms with van der Waals surface area (Å²) in [6.07, 6.45) is 4.25. The average Bonchev–Trinajstić information content (AvgIpc) is 3.66. The highest BCUT2D eigenvalue weighted by Crippen LogP contribution is 2.32. The van der Waals surface area contributed by atoms with Crippen LogP contribution in [0.1, 0.15) is 53.8 Å². The van der Waals surface area contributed by atoms with Gasteiger partial charge in [-0.15, -0.1) is 0 Å². The third-order valence-electron chi connectivity index (χ3n) is 6.92. The second kappa shape index (κ2) is 11.9. The van der Waals surface area contributed by atoms with Gasteiger partial charge in [-0.05, 0) is 59.5 Å². The highest BCUT2D eigenvalue weighted by molar-refractivity contribution is 6.02. The molecule has 40 heavy (non-hydrogen) atoms. The van der Waals surface area contributed by atoms with Crippen molar-refractivity contribution in [3.05, 3.63) is 132 Å². The second-order valence-corrected chi connectivity index (χ2v) is 10.1. The summed E-state index contributed by atoms with van der Waals surface area (Å²) in [6.45, 7) is 6.97. The van der Waals surface area contributed by atoms with Gasteiger partial charge in [0.2, 0.25) is 0 Å². The zero-order valence-electron chi connectivity index (χ0n) is 23.0. The van der Waals surface area contributed by atoms with Gasteiger partial charge in [-0.3, -0.25) is 4.79 Å². The van der Waals surface area contributed by atoms with E-state index in [1.165, 1.54) is 16.7 Å². The molecular weight excluding hydrogens is 502 g/mol. The number of hydrogen-bond donors (Lipinski definition) is 1. The first kappa shape index (κ1) is 26.8. The van der Waals surface area contributed by atoms with Crippen LogP contribution < -0.4 is 14.8 Å². The summed E-state index contributed by atoms with van der Waals surface area (Å²) in [6, 6.07) is 29.8. The Bertz CT molecular complexity index is 1530. The van der Waals surface area contributed by atoms with E-state index in [1.807, 2.05) is 42.5 Å². The molecule has 7 heteroatoms. The lowest BCUT2D eigenvalue weighted by Gasteiger charge is -2.26. The minimum absolute atomic E-state index is 0.118. The predicted octanol–water partition coefficient (Wildman–Crippen LogP) is 7.23. The smallest absolute Gasteiger partial charge is 0.291 e. The minimum atomic E-state index is -0.366. The van der Waals surface area contributed by atoms with E-state index in [2.05, 4.69) is 67.6 Å². The fourth-order valence-corrected chi connectivity index (χ4v) is 4.37. The molecule has 2 aromatic heterocycles. The van der Waals surface area contributed by atoms with Crippen LogP contribution in [-0.4, -0.2) is 15.7 Å². The van der Waals surface area contributed by atoms with E-state index in [9.17, 15) is 4.79 Å². The maximum atomic E-state index is 12.7. The van der Waals surface area contributed by atoms with Crippen LogP contribution in [0, 0.1) is 0 Å². The van der Waals surface area contributed by atoms with Crippen molar-refractivity contribution < 1.29 is 18.7 Å². The Balaban J connectivity index is 1.11. The molecule has 5 rings (SSSR count). The topological polar surface area (TPSA) is 78.5 Å². The molecule has 0 aliphatic carbocycles. The number of anilines is 1. The first-order chi connectivity index (χ1) is 19.4. The quantitative estimate of drug-likeness (QED) is 0.193. The zero-order valence-corrected chi connectivity index (χ0v) is 23.0. The highest BCUT2D eigenvalue weighted by atomic mass is 16.5. The Morgan fingerprint density at radius 3 is 2.27 bits per heavy atom. The Hall–Kier alpha value is -4.78. The van der Waals surface area contributed by atoms with Crippen LogP contribution in [0.5, 0.6) is 11.5 Å². The molecule has 3 aromatic carbocycles. The van der Waals surface area contributed by atoms with Gasteiger partial charge in [0.1, 0.15) is 23.9 Å². The summed E-state index contributed by atoms with van der Waals surface area (Å²) in [5.74, 6) is 1.87. The van der Waals surface area contributed by atoms with E-state index in [1.54, 1.807) is 29.2 Å². The first-order valence-corrected chi connectivity index (χ1v) is 13.3. The fourth-order valence-electron chi connectivity index (χ4n) is 4.37. The second-order valence-electron chi connectivity index (χ2n) is 10.1. The van der Waals surface area contributed by atoms with Crippen molar-refractivity contribution in [3.63, 3.8) is 0 Å². The van der Waals surface area contributed by atoms with Crippen LogP contribution >= 0.6 is 0 Å². The van der Waals surface area contributed by atoms with E-state index >= 15 is 0 Å². The van der Waals surface area contributed by atoms with E-state index in [0.717, 1.165) is 17.9 Å². The van der Waals surface area contributed by atoms with Crippen molar-refractivity contribution in [1.82, 2.24) is 9.78 Å². The van der Waals surface area contributed by atoms with Crippen molar-refractivity contribution >= 4 is 11.6 Å². The number of nitrogens with zero attached hydrogens (tertiary/aromatic N) is 2. The lowest BCUT2D eigenvalue weighted by molar-refractivity contribution is 0.0992. The maximum absolute atomic E-state index is 12.7. The first-order valence-electron chi connectivity index (χ1n) is 13.3. The Morgan fingerprint density at radius 2 is 1.55 bits per heavy atom. The van der Waals surface area contributed by atoms with Crippen molar-refractivity contribution in [3.8, 4) is 11.5 Å². The van der Waals surface area contributed by atoms with Crippen molar-refractivity contribution in [1.29, 1.82) is 0 Å². The number of aryl methyl sites for hydroxylation is 1. The lowest BCUT2D eigenvalue weighted by Crippen LogP contribution is -2.18. The standard InChI is InChI=1S/C33H33N3O4/c1-4-24-10-14-29(15-11-24)39-23-36-21-27(20-34-36)35-32(37)31-19-18-30(40-31)22-38-28-16-12-26(13-17-28)33(2,3)25-8-6-5-7-9-25/h5-21H,4,22-23H2,1-3H3,(H,35,37). The molecule has 0 aliphatic heterocycles. The lowest BCUT2D eigenvalue weighted by atomic mass is 9.78. The minimum Gasteiger partial charge on any atom is -0.486 e. The molecule has 7 nitrogen and oxygen atoms in total. The predicted molar refractivity (Wildman–Crippen MR) is 155 cm³/mol. The molecule has 0 fully saturated rings. The van der Waals surface area contributed by atoms with Gasteiger partial charge in [0.25, 0.3) is 5.91 Å². The fraction of sp³-hybridized carbons (Fsp3) is 0.212. The van der Waals surface area contributed by atoms with Crippen molar-refractivity contribution in [2.24, 2.45) is 0 Å². The van der Waals surface area contributed by atoms with E-state index in [0.29, 0.717) is 11.4 Å². The summed E-state index contributed by atoms with van der Waals surface area (Å²) in [4.78, 5) is 12.7. The van der Waals surface area contributed by atoms with Crippen LogP contribution in [0.4, 0.5) is 5.69 Å². The number of nitrogens with one attached hydrogen (secondary N) is 1. The average molecular weight is 536 g/mol. The molecule has 0 spiro atoms. The van der Waals surface area contributed by atoms with Crippen LogP contribution in [0.3, 0.4) is 0 Å². The highest BCUT2D eigenvalue weighted by Gasteiger charge is 2.22. The number of hydrogen-bond acceptors (Lipinski definition) is 5. The molecule has 1 amide bonds. The molecule has 1 N–H and O–H groups in total. The van der Waals surface area contributed by atoms with Crippen LogP contribution in [0.25, 0.3) is 0 Å². The van der Waals surface area contributed by atoms with Crippen LogP contribution in [0.15, 0.2) is 108 Å². The summed E-state index contributed by atoms with van der Waals surface area (Å²) in [7, 11) is 0. The van der Waals surface area contributed by atoms with Gasteiger partial charge < -0.3 is 19.2 Å². The zero-order chi connectivity index (χ0) is 28.0. The molecule has 0 atom stereocenters. The molecule has 204 valence electrons. The molecule has 0 saturated heterocycles. The summed E-state index contributed by atoms with van der Waals surface area (Å²) >= 11 is 0. The molecule has 0 radical (unpaired) electrons. The molecule has 0 aliphatic rings. The van der Waals surface area contributed by atoms with Crippen LogP contribution in [-0.2, 0) is 25.2 Å². The summed E-state index contributed by atoms with van der Waals surface area (Å²) in [5, 5.41) is 7.05. The van der Waals surface area contributed by atoms with Crippen molar-refractivity contribution in [2.45, 2.75) is 45.9 Å². The van der Waals surface area contributed by atoms with Gasteiger partial charge >= 0.3 is 0 Å². The third-order valence-corrected chi connectivity index (χ3v) is 6.92. The molecule has 0 bridgehead atoms. The van der Waals surface area contributed by atoms with Crippen molar-refractivity contribution in [2.75, 3.05) is 5.32 Å². The van der Waals surface area contributed by atoms with E-state index in [4.69, 9.17) is 13.9 Å². The molecule has 0 unspecified atom stereocenters. The van der Waals surface area contributed by atoms with E-state index in [-0.39, 0.29) is 30.4 Å². The molecule has 2 heterocycles. The van der Waals surface area contributed by atoms with Gasteiger partial charge in [-0.2, -0.15) is 5.10 Å². The molecule has 5 aromatic rings.